The number of phosphoric ester groups is 1. The Balaban J connectivity index is 1.61. The summed E-state index contributed by atoms with van der Waals surface area (Å²) in [4.78, 5) is 24.0. The molecule has 0 unspecified atom stereocenters. The van der Waals surface area contributed by atoms with Gasteiger partial charge in [0, 0.05) is 5.69 Å². The highest BCUT2D eigenvalue weighted by atomic mass is 31.2. The molecule has 112 valence electrons. The molecule has 0 spiro atoms. The molecule has 2 bridgehead atoms. The lowest BCUT2D eigenvalue weighted by molar-refractivity contribution is -0.151. The maximum absolute atomic E-state index is 12.2. The van der Waals surface area contributed by atoms with E-state index in [-0.39, 0.29) is 19.8 Å². The molecular weight excluding hydrogens is 299 g/mol. The van der Waals surface area contributed by atoms with Crippen LogP contribution in [0.1, 0.15) is 0 Å². The lowest BCUT2D eigenvalue weighted by Gasteiger charge is -2.42. The van der Waals surface area contributed by atoms with Crippen molar-refractivity contribution in [2.45, 2.75) is 0 Å². The molecule has 3 aliphatic heterocycles. The lowest BCUT2D eigenvalue weighted by Crippen LogP contribution is -2.56. The van der Waals surface area contributed by atoms with Crippen molar-refractivity contribution in [1.29, 1.82) is 0 Å². The summed E-state index contributed by atoms with van der Waals surface area (Å²) in [5.41, 5.74) is -0.596. The number of carbonyl (C=O) groups excluding carboxylic acids is 2. The van der Waals surface area contributed by atoms with Crippen molar-refractivity contribution in [2.24, 2.45) is 5.41 Å². The number of amides is 3. The maximum atomic E-state index is 12.2. The highest BCUT2D eigenvalue weighted by Gasteiger charge is 2.55. The van der Waals surface area contributed by atoms with Crippen molar-refractivity contribution in [3.8, 4) is 0 Å². The number of fused-ring (bicyclic) bond motifs is 3. The molecule has 3 heterocycles. The molecule has 21 heavy (non-hydrogen) atoms. The monoisotopic (exact) mass is 312 g/mol. The number of carbonyl (C=O) groups is 2. The molecule has 3 fully saturated rings. The Hall–Kier alpha value is -1.73. The van der Waals surface area contributed by atoms with Crippen LogP contribution in [0, 0.1) is 5.41 Å². The Kier molecular flexibility index (Phi) is 3.54. The van der Waals surface area contributed by atoms with Gasteiger partial charge in [-0.2, -0.15) is 0 Å². The average Bonchev–Trinajstić information content (AvgIpc) is 2.49. The van der Waals surface area contributed by atoms with Crippen molar-refractivity contribution in [3.05, 3.63) is 30.3 Å². The maximum Gasteiger partial charge on any atom is 0.474 e. The topological polar surface area (TPSA) is 103 Å². The van der Waals surface area contributed by atoms with Crippen LogP contribution in [0.2, 0.25) is 0 Å². The summed E-state index contributed by atoms with van der Waals surface area (Å²) in [7, 11) is -3.48. The summed E-state index contributed by atoms with van der Waals surface area (Å²) in [5.74, 6) is -0.595. The summed E-state index contributed by atoms with van der Waals surface area (Å²) in [6.45, 7) is -0.307. The van der Waals surface area contributed by atoms with Gasteiger partial charge in [0.15, 0.2) is 0 Å². The number of hydrogen-bond acceptors (Lipinski definition) is 6. The third kappa shape index (κ3) is 2.84. The fourth-order valence-electron chi connectivity index (χ4n) is 1.96. The van der Waals surface area contributed by atoms with E-state index < -0.39 is 25.2 Å². The molecule has 3 aliphatic rings. The molecule has 8 nitrogen and oxygen atoms in total. The van der Waals surface area contributed by atoms with E-state index in [4.69, 9.17) is 13.6 Å². The Labute approximate surface area is 120 Å². The Bertz CT molecular complexity index is 588. The zero-order valence-corrected chi connectivity index (χ0v) is 11.8. The number of phosphoric acid groups is 1. The standard InChI is InChI=1S/C12H13N2O6P/c15-10(12-6-18-21(17,19-7-12)20-8-12)14-11(16)13-9-4-2-1-3-5-9/h1-5H,6-8H2,(H2,13,14,15,16). The number of rotatable bonds is 2. The van der Waals surface area contributed by atoms with E-state index in [0.717, 1.165) is 0 Å². The van der Waals surface area contributed by atoms with E-state index in [1.165, 1.54) is 0 Å². The summed E-state index contributed by atoms with van der Waals surface area (Å²) >= 11 is 0. The second-order valence-corrected chi connectivity index (χ2v) is 6.49. The SMILES string of the molecule is O=C(NC(=O)C12COP(=O)(OC1)OC2)Nc1ccccc1. The zero-order chi connectivity index (χ0) is 14.9. The van der Waals surface area contributed by atoms with Gasteiger partial charge in [-0.3, -0.25) is 23.7 Å². The minimum absolute atomic E-state index is 0.102. The van der Waals surface area contributed by atoms with Crippen molar-refractivity contribution >= 4 is 25.4 Å². The van der Waals surface area contributed by atoms with Crippen LogP contribution < -0.4 is 10.6 Å². The second-order valence-electron chi connectivity index (χ2n) is 4.82. The molecule has 0 atom stereocenters. The van der Waals surface area contributed by atoms with Gasteiger partial charge in [-0.15, -0.1) is 0 Å². The zero-order valence-electron chi connectivity index (χ0n) is 10.9. The van der Waals surface area contributed by atoms with Crippen LogP contribution in [0.5, 0.6) is 0 Å². The average molecular weight is 312 g/mol. The highest BCUT2D eigenvalue weighted by molar-refractivity contribution is 7.48. The lowest BCUT2D eigenvalue weighted by atomic mass is 9.90. The third-order valence-electron chi connectivity index (χ3n) is 3.24. The van der Waals surface area contributed by atoms with E-state index in [0.29, 0.717) is 5.69 Å². The molecule has 4 rings (SSSR count). The van der Waals surface area contributed by atoms with Gasteiger partial charge in [-0.05, 0) is 12.1 Å². The molecule has 0 aliphatic carbocycles. The van der Waals surface area contributed by atoms with E-state index in [2.05, 4.69) is 10.6 Å². The van der Waals surface area contributed by atoms with Gasteiger partial charge in [0.1, 0.15) is 5.41 Å². The van der Waals surface area contributed by atoms with Crippen LogP contribution >= 0.6 is 7.82 Å². The van der Waals surface area contributed by atoms with Gasteiger partial charge in [-0.1, -0.05) is 18.2 Å². The fourth-order valence-corrected chi connectivity index (χ4v) is 3.40. The molecule has 0 radical (unpaired) electrons. The van der Waals surface area contributed by atoms with Gasteiger partial charge in [0.05, 0.1) is 19.8 Å². The Morgan fingerprint density at radius 3 is 2.19 bits per heavy atom. The van der Waals surface area contributed by atoms with E-state index in [1.807, 2.05) is 6.07 Å². The summed E-state index contributed by atoms with van der Waals surface area (Å²) in [5, 5.41) is 4.73. The van der Waals surface area contributed by atoms with Crippen LogP contribution in [0.15, 0.2) is 30.3 Å². The van der Waals surface area contributed by atoms with Crippen molar-refractivity contribution in [1.82, 2.24) is 5.32 Å². The van der Waals surface area contributed by atoms with Crippen LogP contribution in [-0.4, -0.2) is 31.8 Å². The second kappa shape index (κ2) is 5.23. The van der Waals surface area contributed by atoms with Crippen molar-refractivity contribution in [3.63, 3.8) is 0 Å². The normalized spacial score (nSPS) is 30.7. The molecular formula is C12H13N2O6P. The summed E-state index contributed by atoms with van der Waals surface area (Å²) < 4.78 is 26.3. The first-order chi connectivity index (χ1) is 10.0. The fraction of sp³-hybridized carbons (Fsp3) is 0.333. The number of nitrogens with one attached hydrogen (secondary N) is 2. The molecule has 9 heteroatoms. The molecule has 3 saturated heterocycles. The van der Waals surface area contributed by atoms with Gasteiger partial charge >= 0.3 is 13.9 Å². The molecule has 0 saturated carbocycles. The van der Waals surface area contributed by atoms with E-state index >= 15 is 0 Å². The first-order valence-electron chi connectivity index (χ1n) is 6.23. The Morgan fingerprint density at radius 2 is 1.62 bits per heavy atom. The molecule has 2 N–H and O–H groups in total. The third-order valence-corrected chi connectivity index (χ3v) is 4.57. The summed E-state index contributed by atoms with van der Waals surface area (Å²) in [6.07, 6.45) is 0. The highest BCUT2D eigenvalue weighted by Crippen LogP contribution is 2.59. The van der Waals surface area contributed by atoms with Gasteiger partial charge < -0.3 is 5.32 Å². The molecule has 1 aromatic rings. The van der Waals surface area contributed by atoms with E-state index in [9.17, 15) is 14.2 Å². The molecule has 0 aromatic heterocycles. The first kappa shape index (κ1) is 14.2. The van der Waals surface area contributed by atoms with Crippen LogP contribution in [0.25, 0.3) is 0 Å². The number of benzene rings is 1. The Morgan fingerprint density at radius 1 is 1.05 bits per heavy atom. The van der Waals surface area contributed by atoms with Gasteiger partial charge in [-0.25, -0.2) is 9.36 Å². The van der Waals surface area contributed by atoms with Crippen LogP contribution in [0.4, 0.5) is 10.5 Å². The number of para-hydroxylation sites is 1. The van der Waals surface area contributed by atoms with Crippen LogP contribution in [-0.2, 0) is 22.9 Å². The van der Waals surface area contributed by atoms with Crippen LogP contribution in [0.3, 0.4) is 0 Å². The predicted molar refractivity (Wildman–Crippen MR) is 71.5 cm³/mol. The molecule has 1 aromatic carbocycles. The minimum Gasteiger partial charge on any atom is -0.308 e. The quantitative estimate of drug-likeness (QED) is 0.802. The van der Waals surface area contributed by atoms with Gasteiger partial charge in [0.25, 0.3) is 0 Å². The van der Waals surface area contributed by atoms with E-state index in [1.54, 1.807) is 24.3 Å². The molecule has 3 amide bonds. The predicted octanol–water partition coefficient (Wildman–Crippen LogP) is 1.51. The van der Waals surface area contributed by atoms with Crippen molar-refractivity contribution < 1.29 is 27.7 Å². The number of anilines is 1. The minimum atomic E-state index is -3.48. The smallest absolute Gasteiger partial charge is 0.308 e. The number of hydrogen-bond donors (Lipinski definition) is 2. The number of urea groups is 1. The number of imide groups is 1. The van der Waals surface area contributed by atoms with Crippen molar-refractivity contribution in [2.75, 3.05) is 25.1 Å². The van der Waals surface area contributed by atoms with Gasteiger partial charge in [0.2, 0.25) is 5.91 Å². The summed E-state index contributed by atoms with van der Waals surface area (Å²) in [6, 6.07) is 8.03. The first-order valence-corrected chi connectivity index (χ1v) is 7.69. The largest absolute Gasteiger partial charge is 0.474 e.